The van der Waals surface area contributed by atoms with E-state index in [2.05, 4.69) is 25.7 Å². The van der Waals surface area contributed by atoms with Crippen molar-refractivity contribution in [3.8, 4) is 6.07 Å². The smallest absolute Gasteiger partial charge is 0.185 e. The summed E-state index contributed by atoms with van der Waals surface area (Å²) in [5.41, 5.74) is -0.465. The summed E-state index contributed by atoms with van der Waals surface area (Å²) in [5, 5.41) is 9.14. The van der Waals surface area contributed by atoms with Crippen LogP contribution >= 0.6 is 11.8 Å². The lowest BCUT2D eigenvalue weighted by atomic mass is 10.0. The molecule has 0 aromatic heterocycles. The molecule has 0 aromatic rings. The van der Waals surface area contributed by atoms with Gasteiger partial charge in [0.05, 0.1) is 6.07 Å². The third-order valence-electron chi connectivity index (χ3n) is 1.91. The topological polar surface area (TPSA) is 33.0 Å². The number of nitriles is 1. The molecule has 74 valence electrons. The molecular formula is C9H17NOSSi. The van der Waals surface area contributed by atoms with Crippen molar-refractivity contribution in [1.82, 2.24) is 0 Å². The molecule has 0 saturated carbocycles. The molecule has 13 heavy (non-hydrogen) atoms. The van der Waals surface area contributed by atoms with Crippen LogP contribution in [-0.2, 0) is 4.43 Å². The maximum atomic E-state index is 9.14. The molecule has 1 saturated heterocycles. The minimum Gasteiger partial charge on any atom is -0.399 e. The molecule has 1 fully saturated rings. The molecule has 0 bridgehead atoms. The summed E-state index contributed by atoms with van der Waals surface area (Å²) in [4.78, 5) is 0. The van der Waals surface area contributed by atoms with Gasteiger partial charge in [0.25, 0.3) is 0 Å². The quantitative estimate of drug-likeness (QED) is 0.664. The fourth-order valence-electron chi connectivity index (χ4n) is 1.55. The first kappa shape index (κ1) is 11.1. The van der Waals surface area contributed by atoms with Crippen LogP contribution in [0.3, 0.4) is 0 Å². The Hall–Kier alpha value is 0.0169. The second-order valence-corrected chi connectivity index (χ2v) is 10.0. The molecule has 1 heterocycles. The molecule has 2 nitrogen and oxygen atoms in total. The molecule has 0 amide bonds. The second kappa shape index (κ2) is 4.03. The number of hydrogen-bond donors (Lipinski definition) is 0. The highest BCUT2D eigenvalue weighted by Gasteiger charge is 2.37. The molecule has 1 aliphatic heterocycles. The van der Waals surface area contributed by atoms with Crippen LogP contribution in [0.2, 0.25) is 19.6 Å². The van der Waals surface area contributed by atoms with Crippen molar-refractivity contribution >= 4 is 20.1 Å². The van der Waals surface area contributed by atoms with Crippen molar-refractivity contribution < 1.29 is 4.43 Å². The molecule has 4 heteroatoms. The Balaban J connectivity index is 2.65. The van der Waals surface area contributed by atoms with E-state index in [1.165, 1.54) is 5.75 Å². The van der Waals surface area contributed by atoms with E-state index in [1.54, 1.807) is 0 Å². The Bertz CT molecular complexity index is 213. The van der Waals surface area contributed by atoms with Crippen molar-refractivity contribution in [3.05, 3.63) is 0 Å². The number of nitrogens with zero attached hydrogens (tertiary/aromatic N) is 1. The SMILES string of the molecule is C[Si](C)(C)OC1(C#N)CCCSC1. The van der Waals surface area contributed by atoms with Crippen LogP contribution in [0.4, 0.5) is 0 Å². The highest BCUT2D eigenvalue weighted by atomic mass is 32.2. The fraction of sp³-hybridized carbons (Fsp3) is 0.889. The van der Waals surface area contributed by atoms with E-state index in [0.29, 0.717) is 0 Å². The van der Waals surface area contributed by atoms with Gasteiger partial charge in [-0.25, -0.2) is 0 Å². The van der Waals surface area contributed by atoms with Crippen LogP contribution < -0.4 is 0 Å². The summed E-state index contributed by atoms with van der Waals surface area (Å²) < 4.78 is 5.97. The van der Waals surface area contributed by atoms with E-state index in [-0.39, 0.29) is 0 Å². The Morgan fingerprint density at radius 3 is 2.54 bits per heavy atom. The van der Waals surface area contributed by atoms with Crippen LogP contribution in [0.5, 0.6) is 0 Å². The second-order valence-electron chi connectivity index (χ2n) is 4.48. The standard InChI is InChI=1S/C9H17NOSSi/c1-13(2,3)11-9(7-10)5-4-6-12-8-9/h4-6,8H2,1-3H3. The van der Waals surface area contributed by atoms with Crippen LogP contribution in [0.1, 0.15) is 12.8 Å². The summed E-state index contributed by atoms with van der Waals surface area (Å²) >= 11 is 1.84. The van der Waals surface area contributed by atoms with E-state index in [0.717, 1.165) is 18.6 Å². The first-order valence-electron chi connectivity index (χ1n) is 4.67. The lowest BCUT2D eigenvalue weighted by Gasteiger charge is -2.35. The third kappa shape index (κ3) is 3.33. The molecule has 0 spiro atoms. The number of thioether (sulfide) groups is 1. The molecule has 0 aromatic carbocycles. The fourth-order valence-corrected chi connectivity index (χ4v) is 4.13. The van der Waals surface area contributed by atoms with Gasteiger partial charge in [-0.1, -0.05) is 0 Å². The predicted octanol–water partition coefficient (Wildman–Crippen LogP) is 2.63. The average molecular weight is 215 g/mol. The van der Waals surface area contributed by atoms with Gasteiger partial charge in [-0.15, -0.1) is 0 Å². The zero-order chi connectivity index (χ0) is 9.95. The molecule has 1 atom stereocenters. The predicted molar refractivity (Wildman–Crippen MR) is 59.3 cm³/mol. The summed E-state index contributed by atoms with van der Waals surface area (Å²) in [6, 6.07) is 2.37. The van der Waals surface area contributed by atoms with Gasteiger partial charge in [0.2, 0.25) is 0 Å². The lowest BCUT2D eigenvalue weighted by Crippen LogP contribution is -2.45. The molecule has 0 aliphatic carbocycles. The first-order chi connectivity index (χ1) is 5.97. The van der Waals surface area contributed by atoms with Crippen LogP contribution in [0, 0.1) is 11.3 Å². The van der Waals surface area contributed by atoms with Crippen LogP contribution in [-0.4, -0.2) is 25.4 Å². The van der Waals surface area contributed by atoms with Gasteiger partial charge < -0.3 is 4.43 Å². The van der Waals surface area contributed by atoms with E-state index < -0.39 is 13.9 Å². The van der Waals surface area contributed by atoms with Crippen molar-refractivity contribution in [2.24, 2.45) is 0 Å². The first-order valence-corrected chi connectivity index (χ1v) is 9.23. The number of rotatable bonds is 2. The molecule has 0 radical (unpaired) electrons. The minimum absolute atomic E-state index is 0.465. The van der Waals surface area contributed by atoms with Crippen molar-refractivity contribution in [2.75, 3.05) is 11.5 Å². The monoisotopic (exact) mass is 215 g/mol. The zero-order valence-electron chi connectivity index (χ0n) is 8.59. The summed E-state index contributed by atoms with van der Waals surface area (Å²) in [7, 11) is -1.57. The Labute approximate surface area is 85.8 Å². The molecule has 1 unspecified atom stereocenters. The molecule has 1 aliphatic rings. The summed E-state index contributed by atoms with van der Waals surface area (Å²) in [6.45, 7) is 6.43. The van der Waals surface area contributed by atoms with Crippen LogP contribution in [0.15, 0.2) is 0 Å². The lowest BCUT2D eigenvalue weighted by molar-refractivity contribution is 0.131. The van der Waals surface area contributed by atoms with E-state index >= 15 is 0 Å². The summed E-state index contributed by atoms with van der Waals surface area (Å²) in [5.74, 6) is 2.03. The Morgan fingerprint density at radius 1 is 1.46 bits per heavy atom. The zero-order valence-corrected chi connectivity index (χ0v) is 10.4. The maximum absolute atomic E-state index is 9.14. The van der Waals surface area contributed by atoms with Gasteiger partial charge in [-0.3, -0.25) is 0 Å². The van der Waals surface area contributed by atoms with Crippen LogP contribution in [0.25, 0.3) is 0 Å². The van der Waals surface area contributed by atoms with Gasteiger partial charge in [0.15, 0.2) is 13.9 Å². The van der Waals surface area contributed by atoms with Gasteiger partial charge in [0.1, 0.15) is 0 Å². The Morgan fingerprint density at radius 2 is 2.15 bits per heavy atom. The molecule has 0 N–H and O–H groups in total. The molecule has 1 rings (SSSR count). The third-order valence-corrected chi connectivity index (χ3v) is 4.16. The van der Waals surface area contributed by atoms with E-state index in [1.807, 2.05) is 11.8 Å². The van der Waals surface area contributed by atoms with E-state index in [9.17, 15) is 0 Å². The van der Waals surface area contributed by atoms with Gasteiger partial charge in [-0.2, -0.15) is 17.0 Å². The highest BCUT2D eigenvalue weighted by molar-refractivity contribution is 7.99. The highest BCUT2D eigenvalue weighted by Crippen LogP contribution is 2.32. The summed E-state index contributed by atoms with van der Waals surface area (Å²) in [6.07, 6.45) is 2.03. The number of hydrogen-bond acceptors (Lipinski definition) is 3. The Kier molecular flexibility index (Phi) is 3.44. The van der Waals surface area contributed by atoms with Gasteiger partial charge in [0, 0.05) is 5.75 Å². The van der Waals surface area contributed by atoms with Gasteiger partial charge >= 0.3 is 0 Å². The van der Waals surface area contributed by atoms with E-state index in [4.69, 9.17) is 9.69 Å². The largest absolute Gasteiger partial charge is 0.399 e. The molecular weight excluding hydrogens is 198 g/mol. The normalized spacial score (nSPS) is 29.7. The van der Waals surface area contributed by atoms with Crippen molar-refractivity contribution in [1.29, 1.82) is 5.26 Å². The van der Waals surface area contributed by atoms with Crippen molar-refractivity contribution in [2.45, 2.75) is 38.1 Å². The maximum Gasteiger partial charge on any atom is 0.185 e. The van der Waals surface area contributed by atoms with Crippen molar-refractivity contribution in [3.63, 3.8) is 0 Å². The average Bonchev–Trinajstić information content (AvgIpc) is 2.03. The minimum atomic E-state index is -1.57. The van der Waals surface area contributed by atoms with Gasteiger partial charge in [-0.05, 0) is 38.2 Å².